The minimum atomic E-state index is -4.56. The van der Waals surface area contributed by atoms with Crippen LogP contribution in [-0.4, -0.2) is 13.0 Å². The zero-order valence-corrected chi connectivity index (χ0v) is 15.7. The normalized spacial score (nSPS) is 11.1. The third-order valence-electron chi connectivity index (χ3n) is 4.14. The summed E-state index contributed by atoms with van der Waals surface area (Å²) in [4.78, 5) is 12.5. The Kier molecular flexibility index (Phi) is 5.77. The molecule has 0 heterocycles. The molecule has 1 amide bonds. The van der Waals surface area contributed by atoms with E-state index in [1.165, 1.54) is 13.2 Å². The molecule has 150 valence electrons. The number of methoxy groups -OCH3 is 1. The van der Waals surface area contributed by atoms with Gasteiger partial charge in [-0.1, -0.05) is 23.8 Å². The van der Waals surface area contributed by atoms with Crippen molar-refractivity contribution in [3.63, 3.8) is 0 Å². The summed E-state index contributed by atoms with van der Waals surface area (Å²) in [5.41, 5.74) is 0.297. The van der Waals surface area contributed by atoms with Crippen molar-refractivity contribution >= 4 is 11.6 Å². The molecule has 7 heteroatoms. The molecule has 0 spiro atoms. The summed E-state index contributed by atoms with van der Waals surface area (Å²) in [5.74, 6) is 0.418. The van der Waals surface area contributed by atoms with Gasteiger partial charge in [-0.2, -0.15) is 13.2 Å². The lowest BCUT2D eigenvalue weighted by Gasteiger charge is -2.15. The van der Waals surface area contributed by atoms with Crippen LogP contribution in [0.2, 0.25) is 0 Å². The minimum absolute atomic E-state index is 0.0757. The van der Waals surface area contributed by atoms with E-state index in [0.717, 1.165) is 17.7 Å². The van der Waals surface area contributed by atoms with Gasteiger partial charge in [-0.15, -0.1) is 0 Å². The number of carbonyl (C=O) groups is 1. The van der Waals surface area contributed by atoms with Gasteiger partial charge in [0, 0.05) is 11.6 Å². The van der Waals surface area contributed by atoms with Crippen LogP contribution >= 0.6 is 0 Å². The Bertz CT molecular complexity index is 1010. The van der Waals surface area contributed by atoms with Crippen molar-refractivity contribution in [1.82, 2.24) is 0 Å². The van der Waals surface area contributed by atoms with E-state index >= 15 is 0 Å². The second kappa shape index (κ2) is 8.26. The third kappa shape index (κ3) is 5.07. The van der Waals surface area contributed by atoms with Crippen LogP contribution in [0.4, 0.5) is 18.9 Å². The molecule has 0 saturated carbocycles. The Hall–Kier alpha value is -3.48. The number of amides is 1. The lowest BCUT2D eigenvalue weighted by atomic mass is 10.1. The lowest BCUT2D eigenvalue weighted by molar-refractivity contribution is -0.137. The molecular weight excluding hydrogens is 383 g/mol. The Morgan fingerprint density at radius 3 is 2.28 bits per heavy atom. The zero-order chi connectivity index (χ0) is 21.0. The summed E-state index contributed by atoms with van der Waals surface area (Å²) in [6, 6.07) is 16.2. The zero-order valence-electron chi connectivity index (χ0n) is 15.7. The van der Waals surface area contributed by atoms with Crippen LogP contribution < -0.4 is 14.8 Å². The largest absolute Gasteiger partial charge is 0.497 e. The van der Waals surface area contributed by atoms with Gasteiger partial charge in [-0.05, 0) is 49.4 Å². The van der Waals surface area contributed by atoms with Gasteiger partial charge in [0.25, 0.3) is 5.91 Å². The van der Waals surface area contributed by atoms with Crippen LogP contribution in [0.25, 0.3) is 0 Å². The monoisotopic (exact) mass is 401 g/mol. The topological polar surface area (TPSA) is 47.6 Å². The number of carbonyl (C=O) groups excluding carboxylic acids is 1. The van der Waals surface area contributed by atoms with E-state index in [9.17, 15) is 18.0 Å². The molecule has 0 aliphatic carbocycles. The number of benzene rings is 3. The van der Waals surface area contributed by atoms with Gasteiger partial charge in [0.2, 0.25) is 0 Å². The van der Waals surface area contributed by atoms with Crippen LogP contribution in [0.15, 0.2) is 66.7 Å². The first-order chi connectivity index (χ1) is 13.8. The summed E-state index contributed by atoms with van der Waals surface area (Å²) >= 11 is 0. The van der Waals surface area contributed by atoms with E-state index in [2.05, 4.69) is 5.32 Å². The number of ether oxygens (including phenoxy) is 2. The molecular formula is C22H18F3NO3. The average molecular weight is 401 g/mol. The van der Waals surface area contributed by atoms with Gasteiger partial charge in [0.15, 0.2) is 5.75 Å². The molecule has 0 atom stereocenters. The molecule has 0 unspecified atom stereocenters. The van der Waals surface area contributed by atoms with Crippen molar-refractivity contribution in [3.05, 3.63) is 83.4 Å². The third-order valence-corrected chi connectivity index (χ3v) is 4.14. The standard InChI is InChI=1S/C22H18F3NO3/c1-14-6-8-15(9-7-14)21(27)26-19-12-16(22(23,24)25)10-11-20(19)29-18-5-3-4-17(13-18)28-2/h3-13H,1-2H3,(H,26,27). The first kappa shape index (κ1) is 20.3. The van der Waals surface area contributed by atoms with Crippen LogP contribution in [0.1, 0.15) is 21.5 Å². The van der Waals surface area contributed by atoms with Crippen LogP contribution in [0.5, 0.6) is 17.2 Å². The van der Waals surface area contributed by atoms with Crippen molar-refractivity contribution in [2.75, 3.05) is 12.4 Å². The fourth-order valence-electron chi connectivity index (χ4n) is 2.58. The van der Waals surface area contributed by atoms with E-state index in [0.29, 0.717) is 17.1 Å². The van der Waals surface area contributed by atoms with Gasteiger partial charge < -0.3 is 14.8 Å². The molecule has 0 aliphatic heterocycles. The highest BCUT2D eigenvalue weighted by atomic mass is 19.4. The fourth-order valence-corrected chi connectivity index (χ4v) is 2.58. The quantitative estimate of drug-likeness (QED) is 0.565. The van der Waals surface area contributed by atoms with Crippen LogP contribution in [0.3, 0.4) is 0 Å². The van der Waals surface area contributed by atoms with E-state index in [-0.39, 0.29) is 11.4 Å². The van der Waals surface area contributed by atoms with Gasteiger partial charge in [-0.3, -0.25) is 4.79 Å². The fraction of sp³-hybridized carbons (Fsp3) is 0.136. The van der Waals surface area contributed by atoms with Crippen molar-refractivity contribution in [2.45, 2.75) is 13.1 Å². The maximum Gasteiger partial charge on any atom is 0.416 e. The number of aryl methyl sites for hydroxylation is 1. The number of alkyl halides is 3. The molecule has 1 N–H and O–H groups in total. The lowest BCUT2D eigenvalue weighted by Crippen LogP contribution is -2.14. The first-order valence-corrected chi connectivity index (χ1v) is 8.67. The number of halogens is 3. The van der Waals surface area contributed by atoms with Crippen molar-refractivity contribution in [3.8, 4) is 17.2 Å². The van der Waals surface area contributed by atoms with Crippen molar-refractivity contribution in [1.29, 1.82) is 0 Å². The summed E-state index contributed by atoms with van der Waals surface area (Å²) in [5, 5.41) is 2.51. The molecule has 0 bridgehead atoms. The second-order valence-electron chi connectivity index (χ2n) is 6.31. The smallest absolute Gasteiger partial charge is 0.416 e. The predicted octanol–water partition coefficient (Wildman–Crippen LogP) is 6.07. The van der Waals surface area contributed by atoms with E-state index in [1.807, 2.05) is 6.92 Å². The number of rotatable bonds is 5. The number of anilines is 1. The van der Waals surface area contributed by atoms with Gasteiger partial charge >= 0.3 is 6.18 Å². The maximum absolute atomic E-state index is 13.2. The Labute approximate surface area is 165 Å². The Morgan fingerprint density at radius 2 is 1.62 bits per heavy atom. The SMILES string of the molecule is COc1cccc(Oc2ccc(C(F)(F)F)cc2NC(=O)c2ccc(C)cc2)c1. The van der Waals surface area contributed by atoms with E-state index in [1.54, 1.807) is 48.5 Å². The summed E-state index contributed by atoms with van der Waals surface area (Å²) in [7, 11) is 1.49. The second-order valence-corrected chi connectivity index (χ2v) is 6.31. The van der Waals surface area contributed by atoms with Crippen LogP contribution in [-0.2, 0) is 6.18 Å². The number of hydrogen-bond acceptors (Lipinski definition) is 3. The molecule has 29 heavy (non-hydrogen) atoms. The average Bonchev–Trinajstić information content (AvgIpc) is 2.69. The molecule has 0 saturated heterocycles. The number of nitrogens with one attached hydrogen (secondary N) is 1. The van der Waals surface area contributed by atoms with E-state index < -0.39 is 17.6 Å². The summed E-state index contributed by atoms with van der Waals surface area (Å²) in [6.45, 7) is 1.87. The van der Waals surface area contributed by atoms with Gasteiger partial charge in [0.05, 0.1) is 18.4 Å². The van der Waals surface area contributed by atoms with E-state index in [4.69, 9.17) is 9.47 Å². The molecule has 3 aromatic rings. The molecule has 3 rings (SSSR count). The maximum atomic E-state index is 13.2. The molecule has 0 fully saturated rings. The Morgan fingerprint density at radius 1 is 0.931 bits per heavy atom. The highest BCUT2D eigenvalue weighted by Gasteiger charge is 2.31. The highest BCUT2D eigenvalue weighted by Crippen LogP contribution is 2.37. The number of hydrogen-bond donors (Lipinski definition) is 1. The predicted molar refractivity (Wildman–Crippen MR) is 104 cm³/mol. The van der Waals surface area contributed by atoms with Crippen molar-refractivity contribution < 1.29 is 27.4 Å². The Balaban J connectivity index is 1.95. The van der Waals surface area contributed by atoms with Gasteiger partial charge in [0.1, 0.15) is 11.5 Å². The molecule has 4 nitrogen and oxygen atoms in total. The molecule has 0 radical (unpaired) electrons. The molecule has 0 aliphatic rings. The molecule has 3 aromatic carbocycles. The highest BCUT2D eigenvalue weighted by molar-refractivity contribution is 6.05. The molecule has 0 aromatic heterocycles. The summed E-state index contributed by atoms with van der Waals surface area (Å²) < 4.78 is 50.3. The van der Waals surface area contributed by atoms with Crippen LogP contribution in [0, 0.1) is 6.92 Å². The first-order valence-electron chi connectivity index (χ1n) is 8.67. The minimum Gasteiger partial charge on any atom is -0.497 e. The van der Waals surface area contributed by atoms with Gasteiger partial charge in [-0.25, -0.2) is 0 Å². The summed E-state index contributed by atoms with van der Waals surface area (Å²) in [6.07, 6.45) is -4.56. The van der Waals surface area contributed by atoms with Crippen molar-refractivity contribution in [2.24, 2.45) is 0 Å².